The number of nitrogens with one attached hydrogen (secondary N) is 1. The van der Waals surface area contributed by atoms with E-state index in [9.17, 15) is 10.1 Å². The van der Waals surface area contributed by atoms with E-state index >= 15 is 0 Å². The number of aromatic nitrogens is 3. The summed E-state index contributed by atoms with van der Waals surface area (Å²) in [5, 5.41) is 9.21. The second-order valence-electron chi connectivity index (χ2n) is 8.70. The Hall–Kier alpha value is -3.17. The summed E-state index contributed by atoms with van der Waals surface area (Å²) in [7, 11) is 0. The monoisotopic (exact) mass is 413 g/mol. The number of benzene rings is 1. The number of hydrogen-bond donors (Lipinski definition) is 1. The molecule has 0 bridgehead atoms. The molecule has 5 rings (SSSR count). The second kappa shape index (κ2) is 8.52. The Morgan fingerprint density at radius 2 is 2.03 bits per heavy atom. The van der Waals surface area contributed by atoms with Crippen molar-refractivity contribution in [2.75, 3.05) is 6.54 Å². The van der Waals surface area contributed by atoms with Gasteiger partial charge in [0.15, 0.2) is 0 Å². The predicted octanol–water partition coefficient (Wildman–Crippen LogP) is 4.04. The molecule has 1 aliphatic heterocycles. The van der Waals surface area contributed by atoms with Crippen LogP contribution in [0.3, 0.4) is 0 Å². The smallest absolute Gasteiger partial charge is 0.255 e. The van der Waals surface area contributed by atoms with Crippen LogP contribution in [0.5, 0.6) is 0 Å². The second-order valence-corrected chi connectivity index (χ2v) is 8.70. The van der Waals surface area contributed by atoms with Crippen LogP contribution in [0.4, 0.5) is 0 Å². The third-order valence-corrected chi connectivity index (χ3v) is 6.63. The molecular formula is C25H27N5O. The van der Waals surface area contributed by atoms with Gasteiger partial charge in [0.2, 0.25) is 0 Å². The van der Waals surface area contributed by atoms with Gasteiger partial charge in [0.05, 0.1) is 22.9 Å². The minimum atomic E-state index is 0.0346. The summed E-state index contributed by atoms with van der Waals surface area (Å²) in [5.41, 5.74) is 4.60. The van der Waals surface area contributed by atoms with Crippen LogP contribution in [0.2, 0.25) is 0 Å². The van der Waals surface area contributed by atoms with Crippen molar-refractivity contribution >= 4 is 0 Å². The molecule has 0 unspecified atom stereocenters. The fourth-order valence-electron chi connectivity index (χ4n) is 4.96. The van der Waals surface area contributed by atoms with Gasteiger partial charge in [-0.3, -0.25) is 9.69 Å². The first-order chi connectivity index (χ1) is 15.2. The lowest BCUT2D eigenvalue weighted by Crippen LogP contribution is -2.36. The Morgan fingerprint density at radius 1 is 1.16 bits per heavy atom. The van der Waals surface area contributed by atoms with E-state index in [0.29, 0.717) is 18.0 Å². The largest absolute Gasteiger partial charge is 0.320 e. The maximum Gasteiger partial charge on any atom is 0.255 e. The summed E-state index contributed by atoms with van der Waals surface area (Å²) in [6.07, 6.45) is 8.86. The van der Waals surface area contributed by atoms with E-state index in [1.807, 2.05) is 36.5 Å². The highest BCUT2D eigenvalue weighted by Gasteiger charge is 2.25. The van der Waals surface area contributed by atoms with Gasteiger partial charge in [0.25, 0.3) is 5.56 Å². The molecule has 2 aliphatic rings. The molecule has 0 amide bonds. The van der Waals surface area contributed by atoms with Crippen LogP contribution >= 0.6 is 0 Å². The Bertz CT molecular complexity index is 1180. The van der Waals surface area contributed by atoms with Crippen molar-refractivity contribution in [3.05, 3.63) is 81.3 Å². The Morgan fingerprint density at radius 3 is 2.87 bits per heavy atom. The Kier molecular flexibility index (Phi) is 5.44. The van der Waals surface area contributed by atoms with Crippen molar-refractivity contribution < 1.29 is 0 Å². The lowest BCUT2D eigenvalue weighted by atomic mass is 9.88. The summed E-state index contributed by atoms with van der Waals surface area (Å²) >= 11 is 0. The molecule has 6 heteroatoms. The molecule has 3 heterocycles. The number of nitrogens with zero attached hydrogens (tertiary/aromatic N) is 4. The van der Waals surface area contributed by atoms with Gasteiger partial charge in [-0.05, 0) is 43.2 Å². The summed E-state index contributed by atoms with van der Waals surface area (Å²) in [5.74, 6) is 1.32. The average molecular weight is 414 g/mol. The highest BCUT2D eigenvalue weighted by atomic mass is 16.1. The molecular weight excluding hydrogens is 386 g/mol. The number of aromatic amines is 1. The lowest BCUT2D eigenvalue weighted by molar-refractivity contribution is 0.237. The predicted molar refractivity (Wildman–Crippen MR) is 119 cm³/mol. The maximum absolute atomic E-state index is 12.9. The fourth-order valence-corrected chi connectivity index (χ4v) is 4.96. The van der Waals surface area contributed by atoms with Crippen molar-refractivity contribution in [1.82, 2.24) is 19.4 Å². The van der Waals surface area contributed by atoms with Crippen LogP contribution in [0, 0.1) is 11.3 Å². The first kappa shape index (κ1) is 19.8. The van der Waals surface area contributed by atoms with Crippen molar-refractivity contribution in [2.24, 2.45) is 0 Å². The van der Waals surface area contributed by atoms with Gasteiger partial charge >= 0.3 is 0 Å². The van der Waals surface area contributed by atoms with Crippen LogP contribution in [0.25, 0.3) is 5.69 Å². The Balaban J connectivity index is 1.35. The molecule has 1 saturated carbocycles. The standard InChI is InChI=1S/C25H27N5O/c26-15-18-6-4-9-20(14-18)30-12-5-10-21(30)16-29-13-11-23-22(17-29)25(31)28-24(27-23)19-7-2-1-3-8-19/h4-6,9-10,12,14,19H,1-3,7-8,11,13,16-17H2,(H,27,28,31). The van der Waals surface area contributed by atoms with E-state index in [-0.39, 0.29) is 5.56 Å². The van der Waals surface area contributed by atoms with Gasteiger partial charge in [-0.15, -0.1) is 0 Å². The van der Waals surface area contributed by atoms with Crippen molar-refractivity contribution in [3.63, 3.8) is 0 Å². The molecule has 0 atom stereocenters. The minimum absolute atomic E-state index is 0.0346. The molecule has 1 fully saturated rings. The molecule has 158 valence electrons. The molecule has 1 N–H and O–H groups in total. The molecule has 31 heavy (non-hydrogen) atoms. The molecule has 6 nitrogen and oxygen atoms in total. The zero-order valence-electron chi connectivity index (χ0n) is 17.7. The topological polar surface area (TPSA) is 77.7 Å². The maximum atomic E-state index is 12.9. The highest BCUT2D eigenvalue weighted by molar-refractivity contribution is 5.42. The van der Waals surface area contributed by atoms with Crippen LogP contribution in [-0.4, -0.2) is 26.0 Å². The van der Waals surface area contributed by atoms with Gasteiger partial charge in [-0.2, -0.15) is 5.26 Å². The number of nitriles is 1. The van der Waals surface area contributed by atoms with Gasteiger partial charge in [0, 0.05) is 49.6 Å². The van der Waals surface area contributed by atoms with Crippen molar-refractivity contribution in [1.29, 1.82) is 5.26 Å². The average Bonchev–Trinajstić information content (AvgIpc) is 3.28. The van der Waals surface area contributed by atoms with Crippen LogP contribution in [0.1, 0.15) is 66.4 Å². The van der Waals surface area contributed by atoms with Gasteiger partial charge in [-0.1, -0.05) is 25.3 Å². The first-order valence-corrected chi connectivity index (χ1v) is 11.2. The molecule has 0 radical (unpaired) electrons. The van der Waals surface area contributed by atoms with Crippen molar-refractivity contribution in [2.45, 2.75) is 57.5 Å². The normalized spacial score (nSPS) is 17.3. The molecule has 0 spiro atoms. The molecule has 2 aromatic heterocycles. The minimum Gasteiger partial charge on any atom is -0.320 e. The summed E-state index contributed by atoms with van der Waals surface area (Å²) in [6.45, 7) is 2.25. The van der Waals surface area contributed by atoms with Crippen LogP contribution in [-0.2, 0) is 19.5 Å². The van der Waals surface area contributed by atoms with Crippen LogP contribution in [0.15, 0.2) is 47.4 Å². The van der Waals surface area contributed by atoms with Gasteiger partial charge in [-0.25, -0.2) is 4.98 Å². The fraction of sp³-hybridized carbons (Fsp3) is 0.400. The van der Waals surface area contributed by atoms with E-state index in [4.69, 9.17) is 4.98 Å². The van der Waals surface area contributed by atoms with E-state index in [1.54, 1.807) is 0 Å². The number of hydrogen-bond acceptors (Lipinski definition) is 4. The Labute approximate surface area is 182 Å². The quantitative estimate of drug-likeness (QED) is 0.700. The summed E-state index contributed by atoms with van der Waals surface area (Å²) in [4.78, 5) is 23.2. The first-order valence-electron chi connectivity index (χ1n) is 11.2. The van der Waals surface area contributed by atoms with Crippen LogP contribution < -0.4 is 5.56 Å². The molecule has 3 aromatic rings. The number of fused-ring (bicyclic) bond motifs is 1. The van der Waals surface area contributed by atoms with E-state index in [0.717, 1.165) is 60.8 Å². The summed E-state index contributed by atoms with van der Waals surface area (Å²) in [6, 6.07) is 14.0. The third kappa shape index (κ3) is 4.06. The van der Waals surface area contributed by atoms with Gasteiger partial charge < -0.3 is 9.55 Å². The molecule has 1 aromatic carbocycles. The van der Waals surface area contributed by atoms with Gasteiger partial charge in [0.1, 0.15) is 5.82 Å². The molecule has 0 saturated heterocycles. The zero-order valence-corrected chi connectivity index (χ0v) is 17.7. The van der Waals surface area contributed by atoms with Crippen molar-refractivity contribution in [3.8, 4) is 11.8 Å². The zero-order chi connectivity index (χ0) is 21.2. The lowest BCUT2D eigenvalue weighted by Gasteiger charge is -2.29. The summed E-state index contributed by atoms with van der Waals surface area (Å²) < 4.78 is 2.12. The molecule has 1 aliphatic carbocycles. The van der Waals surface area contributed by atoms with E-state index < -0.39 is 0 Å². The number of rotatable bonds is 4. The highest BCUT2D eigenvalue weighted by Crippen LogP contribution is 2.31. The van der Waals surface area contributed by atoms with E-state index in [1.165, 1.54) is 19.3 Å². The SMILES string of the molecule is N#Cc1cccc(-n2cccc2CN2CCc3nc(C4CCCCC4)[nH]c(=O)c3C2)c1. The third-order valence-electron chi connectivity index (χ3n) is 6.63. The number of H-pyrrole nitrogens is 1. The van der Waals surface area contributed by atoms with E-state index in [2.05, 4.69) is 26.6 Å².